The van der Waals surface area contributed by atoms with Gasteiger partial charge in [-0.05, 0) is 30.2 Å². The second-order valence-corrected chi connectivity index (χ2v) is 8.09. The third-order valence-electron chi connectivity index (χ3n) is 5.42. The maximum atomic E-state index is 12.2. The van der Waals surface area contributed by atoms with Gasteiger partial charge in [-0.15, -0.1) is 0 Å². The molecule has 2 aromatic rings. The van der Waals surface area contributed by atoms with Crippen LogP contribution in [0.25, 0.3) is 11.1 Å². The van der Waals surface area contributed by atoms with Gasteiger partial charge in [0.1, 0.15) is 18.3 Å². The van der Waals surface area contributed by atoms with Gasteiger partial charge in [-0.3, -0.25) is 9.68 Å². The van der Waals surface area contributed by atoms with Crippen molar-refractivity contribution in [1.82, 2.24) is 5.32 Å². The highest BCUT2D eigenvalue weighted by atomic mass is 17.2. The Balaban J connectivity index is 1.25. The lowest BCUT2D eigenvalue weighted by Gasteiger charge is -2.38. The van der Waals surface area contributed by atoms with Gasteiger partial charge < -0.3 is 34.8 Å². The molecule has 1 amide bonds. The minimum absolute atomic E-state index is 0.0652. The van der Waals surface area contributed by atoms with Crippen molar-refractivity contribution in [2.75, 3.05) is 33.0 Å². The number of ether oxygens (including phenoxy) is 3. The van der Waals surface area contributed by atoms with Crippen molar-refractivity contribution in [3.63, 3.8) is 0 Å². The fourth-order valence-electron chi connectivity index (χ4n) is 3.43. The van der Waals surface area contributed by atoms with Crippen LogP contribution in [0, 0.1) is 0 Å². The highest BCUT2D eigenvalue weighted by molar-refractivity contribution is 5.90. The summed E-state index contributed by atoms with van der Waals surface area (Å²) in [7, 11) is 0. The van der Waals surface area contributed by atoms with Crippen LogP contribution in [0.4, 0.5) is 0 Å². The number of carbonyl (C=O) groups is 2. The lowest BCUT2D eigenvalue weighted by Crippen LogP contribution is -2.57. The van der Waals surface area contributed by atoms with E-state index in [-0.39, 0.29) is 26.4 Å². The first-order valence-corrected chi connectivity index (χ1v) is 11.5. The molecule has 1 fully saturated rings. The van der Waals surface area contributed by atoms with Crippen LogP contribution >= 0.6 is 0 Å². The zero-order valence-corrected chi connectivity index (χ0v) is 19.8. The summed E-state index contributed by atoms with van der Waals surface area (Å²) in [5, 5.41) is 31.8. The quantitative estimate of drug-likeness (QED) is 0.181. The summed E-state index contributed by atoms with van der Waals surface area (Å²) in [6, 6.07) is 16.4. The van der Waals surface area contributed by atoms with Crippen molar-refractivity contribution in [2.24, 2.45) is 0 Å². The maximum Gasteiger partial charge on any atom is 0.373 e. The number of rotatable bonds is 12. The van der Waals surface area contributed by atoms with Crippen molar-refractivity contribution in [1.29, 1.82) is 0 Å². The minimum atomic E-state index is -1.38. The normalized spacial score (nSPS) is 23.7. The summed E-state index contributed by atoms with van der Waals surface area (Å²) >= 11 is 0. The van der Waals surface area contributed by atoms with Gasteiger partial charge in [-0.1, -0.05) is 42.5 Å². The molecule has 11 nitrogen and oxygen atoms in total. The number of benzene rings is 2. The van der Waals surface area contributed by atoms with E-state index in [1.807, 2.05) is 36.4 Å². The van der Waals surface area contributed by atoms with Gasteiger partial charge >= 0.3 is 5.97 Å². The SMILES string of the molecule is C[C@@H]1O[C@@H](OCCOCCNC(=O)COOC(=O)c2cccc(-c3ccccc3)c2)[C@H](O)[C@H](O)[C@H]1O. The van der Waals surface area contributed by atoms with Crippen molar-refractivity contribution >= 4 is 11.9 Å². The lowest BCUT2D eigenvalue weighted by molar-refractivity contribution is -0.294. The van der Waals surface area contributed by atoms with Gasteiger partial charge in [0, 0.05) is 6.54 Å². The largest absolute Gasteiger partial charge is 0.388 e. The van der Waals surface area contributed by atoms with E-state index in [9.17, 15) is 24.9 Å². The number of nitrogens with one attached hydrogen (secondary N) is 1. The predicted molar refractivity (Wildman–Crippen MR) is 125 cm³/mol. The minimum Gasteiger partial charge on any atom is -0.388 e. The second kappa shape index (κ2) is 14.0. The number of amides is 1. The molecule has 3 rings (SSSR count). The average molecular weight is 506 g/mol. The Morgan fingerprint density at radius 3 is 2.44 bits per heavy atom. The molecule has 1 aliphatic heterocycles. The molecule has 1 aliphatic rings. The van der Waals surface area contributed by atoms with Crippen molar-refractivity contribution in [3.8, 4) is 11.1 Å². The third-order valence-corrected chi connectivity index (χ3v) is 5.42. The maximum absolute atomic E-state index is 12.2. The van der Waals surface area contributed by atoms with Crippen LogP contribution in [0.2, 0.25) is 0 Å². The number of carbonyl (C=O) groups excluding carboxylic acids is 2. The van der Waals surface area contributed by atoms with E-state index < -0.39 is 49.2 Å². The molecule has 0 aliphatic carbocycles. The molecular weight excluding hydrogens is 474 g/mol. The molecule has 1 saturated heterocycles. The fourth-order valence-corrected chi connectivity index (χ4v) is 3.43. The molecule has 4 N–H and O–H groups in total. The molecule has 0 bridgehead atoms. The highest BCUT2D eigenvalue weighted by Crippen LogP contribution is 2.22. The summed E-state index contributed by atoms with van der Waals surface area (Å²) in [6.07, 6.45) is -5.71. The van der Waals surface area contributed by atoms with Crippen LogP contribution in [0.3, 0.4) is 0 Å². The molecular formula is C25H31NO10. The van der Waals surface area contributed by atoms with Gasteiger partial charge in [-0.2, -0.15) is 4.89 Å². The average Bonchev–Trinajstić information content (AvgIpc) is 2.90. The number of hydrogen-bond donors (Lipinski definition) is 4. The monoisotopic (exact) mass is 505 g/mol. The van der Waals surface area contributed by atoms with Crippen LogP contribution < -0.4 is 5.32 Å². The first kappa shape index (κ1) is 27.7. The van der Waals surface area contributed by atoms with E-state index >= 15 is 0 Å². The van der Waals surface area contributed by atoms with E-state index in [4.69, 9.17) is 24.0 Å². The Morgan fingerprint density at radius 1 is 0.917 bits per heavy atom. The van der Waals surface area contributed by atoms with Gasteiger partial charge in [0.25, 0.3) is 5.91 Å². The smallest absolute Gasteiger partial charge is 0.373 e. The van der Waals surface area contributed by atoms with Crippen molar-refractivity contribution < 1.29 is 48.9 Å². The number of hydrogen-bond acceptors (Lipinski definition) is 10. The summed E-state index contributed by atoms with van der Waals surface area (Å²) < 4.78 is 16.0. The van der Waals surface area contributed by atoms with Crippen molar-refractivity contribution in [2.45, 2.75) is 37.6 Å². The highest BCUT2D eigenvalue weighted by Gasteiger charge is 2.42. The molecule has 0 aromatic heterocycles. The Bertz CT molecular complexity index is 972. The van der Waals surface area contributed by atoms with Gasteiger partial charge in [0.2, 0.25) is 0 Å². The summed E-state index contributed by atoms with van der Waals surface area (Å²) in [5.41, 5.74) is 2.09. The number of aliphatic hydroxyl groups excluding tert-OH is 3. The standard InChI is InChI=1S/C25H31NO10/c1-16-21(28)22(29)23(30)25(35-16)33-13-12-32-11-10-26-20(27)15-34-36-24(31)19-9-5-8-18(14-19)17-6-3-2-4-7-17/h2-9,14,16,21-23,25,28-30H,10-13,15H2,1H3,(H,26,27)/t16-,21-,22+,23+,25+/m0/s1. The van der Waals surface area contributed by atoms with Crippen LogP contribution in [-0.4, -0.2) is 90.9 Å². The number of aliphatic hydroxyl groups is 3. The molecule has 1 heterocycles. The molecule has 11 heteroatoms. The Kier molecular flexibility index (Phi) is 10.8. The molecule has 2 aromatic carbocycles. The predicted octanol–water partition coefficient (Wildman–Crippen LogP) is 0.419. The Morgan fingerprint density at radius 2 is 1.67 bits per heavy atom. The van der Waals surface area contributed by atoms with E-state index in [1.165, 1.54) is 0 Å². The van der Waals surface area contributed by atoms with Gasteiger partial charge in [-0.25, -0.2) is 4.79 Å². The third kappa shape index (κ3) is 8.07. The van der Waals surface area contributed by atoms with Gasteiger partial charge in [0.15, 0.2) is 12.9 Å². The molecule has 0 unspecified atom stereocenters. The summed E-state index contributed by atoms with van der Waals surface area (Å²) in [6.45, 7) is 1.65. The first-order valence-electron chi connectivity index (χ1n) is 11.5. The van der Waals surface area contributed by atoms with E-state index in [1.54, 1.807) is 25.1 Å². The zero-order chi connectivity index (χ0) is 25.9. The molecule has 0 spiro atoms. The first-order chi connectivity index (χ1) is 17.4. The zero-order valence-electron chi connectivity index (χ0n) is 19.8. The molecule has 196 valence electrons. The second-order valence-electron chi connectivity index (χ2n) is 8.09. The lowest BCUT2D eigenvalue weighted by atomic mass is 10.0. The topological polar surface area (TPSA) is 153 Å². The van der Waals surface area contributed by atoms with E-state index in [2.05, 4.69) is 5.32 Å². The Labute approximate surface area is 208 Å². The summed E-state index contributed by atoms with van der Waals surface area (Å²) in [4.78, 5) is 33.5. The van der Waals surface area contributed by atoms with Crippen LogP contribution in [0.5, 0.6) is 0 Å². The van der Waals surface area contributed by atoms with Crippen LogP contribution in [0.15, 0.2) is 54.6 Å². The van der Waals surface area contributed by atoms with Crippen LogP contribution in [-0.2, 0) is 28.8 Å². The van der Waals surface area contributed by atoms with Crippen LogP contribution in [0.1, 0.15) is 17.3 Å². The van der Waals surface area contributed by atoms with Gasteiger partial charge in [0.05, 0.1) is 31.5 Å². The molecule has 0 saturated carbocycles. The van der Waals surface area contributed by atoms with E-state index in [0.717, 1.165) is 11.1 Å². The molecule has 5 atom stereocenters. The van der Waals surface area contributed by atoms with E-state index in [0.29, 0.717) is 5.56 Å². The summed E-state index contributed by atoms with van der Waals surface area (Å²) in [5.74, 6) is -1.21. The fraction of sp³-hybridized carbons (Fsp3) is 0.440. The molecule has 36 heavy (non-hydrogen) atoms. The molecule has 0 radical (unpaired) electrons. The van der Waals surface area contributed by atoms with Crippen molar-refractivity contribution in [3.05, 3.63) is 60.2 Å². The Hall–Kier alpha value is -2.90.